The number of Topliss-reactive ketones (excluding diaryl/α,β-unsaturated/α-hetero) is 1. The number of carbonyl (C=O) groups excluding carboxylic acids is 2. The largest absolute Gasteiger partial charge is 0.426 e. The summed E-state index contributed by atoms with van der Waals surface area (Å²) in [5.41, 5.74) is -28.8. The Hall–Kier alpha value is -7.82. The molecule has 0 fully saturated rings. The van der Waals surface area contributed by atoms with E-state index in [1.165, 1.54) is 0 Å². The lowest BCUT2D eigenvalue weighted by Gasteiger charge is -2.46. The number of alkyl halides is 25. The van der Waals surface area contributed by atoms with E-state index in [-0.39, 0.29) is 18.0 Å². The van der Waals surface area contributed by atoms with Crippen LogP contribution in [0.5, 0.6) is 0 Å². The third kappa shape index (κ3) is 14.0. The van der Waals surface area contributed by atoms with Crippen molar-refractivity contribution in [2.75, 3.05) is 6.86 Å². The second-order valence-corrected chi connectivity index (χ2v) is 17.4. The second kappa shape index (κ2) is 21.9. The number of pyridine rings is 1. The standard InChI is InChI=1S/C32H12BF24.C19H15FNO3/c34-25(35,36)13-1-14(26(37,38)39)6-21(5-13)33(22-7-15(27(40,41)42)2-16(8-22)28(43,44)45,23-9-17(29(46,47)48)3-18(10-23)30(49,50)51)24-11-19(31(52,53)54)4-20(12-24)32(55,56)57;20-13-24-19(23)17-11-10-14-6-4-5-9-16(14)21(17)12-18(22)15-7-2-1-3-8-15/h1-12H;1-11H,12-13H2/q-1;+1. The number of halogens is 25. The molecule has 0 amide bonds. The van der Waals surface area contributed by atoms with Gasteiger partial charge in [-0.1, -0.05) is 91.0 Å². The SMILES string of the molecule is FC(F)(F)c1cc([B-](c2cc(C(F)(F)F)cc(C(F)(F)F)c2)(c2cc(C(F)(F)F)cc(C(F)(F)F)c2)c2cc(C(F)(F)F)cc(C(F)(F)F)c2)cc(C(F)(F)F)c1.O=C(C[n+]1c(C(=O)OCF)ccc2ccccc21)c1ccccc1. The Labute approximate surface area is 436 Å². The summed E-state index contributed by atoms with van der Waals surface area (Å²) in [7, 11) is 0. The molecule has 30 heteroatoms. The first-order chi connectivity index (χ1) is 37.0. The Balaban J connectivity index is 0.000000363. The van der Waals surface area contributed by atoms with Gasteiger partial charge in [0.1, 0.15) is 6.15 Å². The average molecular weight is 1190 g/mol. The fourth-order valence-electron chi connectivity index (χ4n) is 8.66. The summed E-state index contributed by atoms with van der Waals surface area (Å²) in [6.07, 6.45) is -54.8. The molecular formula is C51H27BF25NO3. The monoisotopic (exact) mass is 1190 g/mol. The highest BCUT2D eigenvalue weighted by Gasteiger charge is 2.47. The van der Waals surface area contributed by atoms with Crippen LogP contribution in [0.15, 0.2) is 140 Å². The lowest BCUT2D eigenvalue weighted by atomic mass is 9.12. The molecule has 0 unspecified atom stereocenters. The summed E-state index contributed by atoms with van der Waals surface area (Å²) < 4.78 is 359. The number of ketones is 1. The molecule has 0 radical (unpaired) electrons. The van der Waals surface area contributed by atoms with E-state index in [9.17, 15) is 119 Å². The fourth-order valence-corrected chi connectivity index (χ4v) is 8.66. The van der Waals surface area contributed by atoms with Crippen LogP contribution >= 0.6 is 0 Å². The highest BCUT2D eigenvalue weighted by atomic mass is 19.4. The molecule has 0 atom stereocenters. The zero-order valence-corrected chi connectivity index (χ0v) is 39.4. The number of nitrogens with zero attached hydrogens (tertiary/aromatic N) is 1. The highest BCUT2D eigenvalue weighted by Crippen LogP contribution is 2.41. The molecule has 0 saturated carbocycles. The van der Waals surface area contributed by atoms with Crippen molar-refractivity contribution in [3.8, 4) is 0 Å². The molecule has 81 heavy (non-hydrogen) atoms. The van der Waals surface area contributed by atoms with Crippen molar-refractivity contribution in [2.24, 2.45) is 0 Å². The fraction of sp³-hybridized carbons (Fsp3) is 0.196. The summed E-state index contributed by atoms with van der Waals surface area (Å²) in [6, 6.07) is 10.7. The number of hydrogen-bond donors (Lipinski definition) is 0. The molecule has 6 aromatic carbocycles. The first kappa shape index (κ1) is 62.4. The molecule has 432 valence electrons. The van der Waals surface area contributed by atoms with Gasteiger partial charge in [0.05, 0.1) is 44.5 Å². The van der Waals surface area contributed by atoms with Crippen molar-refractivity contribution in [1.29, 1.82) is 0 Å². The summed E-state index contributed by atoms with van der Waals surface area (Å²) in [6.45, 7) is -1.25. The number of aromatic nitrogens is 1. The van der Waals surface area contributed by atoms with E-state index in [0.717, 1.165) is 5.39 Å². The van der Waals surface area contributed by atoms with Crippen molar-refractivity contribution < 1.29 is 129 Å². The van der Waals surface area contributed by atoms with Crippen molar-refractivity contribution in [2.45, 2.75) is 56.0 Å². The molecule has 0 spiro atoms. The zero-order valence-electron chi connectivity index (χ0n) is 39.4. The molecule has 1 heterocycles. The summed E-state index contributed by atoms with van der Waals surface area (Å²) in [4.78, 5) is 24.6. The predicted octanol–water partition coefficient (Wildman–Crippen LogP) is 14.3. The van der Waals surface area contributed by atoms with Gasteiger partial charge in [-0.25, -0.2) is 9.18 Å². The normalized spacial score (nSPS) is 13.2. The number of fused-ring (bicyclic) bond motifs is 1. The minimum absolute atomic E-state index is 0.0396. The van der Waals surface area contributed by atoms with Crippen LogP contribution in [0.1, 0.15) is 65.4 Å². The number of ether oxygens (including phenoxy) is 1. The topological polar surface area (TPSA) is 47.2 Å². The lowest BCUT2D eigenvalue weighted by molar-refractivity contribution is -0.659. The molecule has 0 aliphatic heterocycles. The highest BCUT2D eigenvalue weighted by molar-refractivity contribution is 7.20. The summed E-state index contributed by atoms with van der Waals surface area (Å²) in [5.74, 6) is -0.949. The smallest absolute Gasteiger partial charge is 0.416 e. The van der Waals surface area contributed by atoms with E-state index in [1.54, 1.807) is 47.0 Å². The summed E-state index contributed by atoms with van der Waals surface area (Å²) in [5, 5.41) is 0.871. The van der Waals surface area contributed by atoms with E-state index in [4.69, 9.17) is 0 Å². The maximum Gasteiger partial charge on any atom is 0.416 e. The Bertz CT molecular complexity index is 3020. The van der Waals surface area contributed by atoms with Crippen LogP contribution in [0.3, 0.4) is 0 Å². The lowest BCUT2D eigenvalue weighted by Crippen LogP contribution is -2.75. The number of carbonyl (C=O) groups is 2. The molecule has 0 N–H and O–H groups in total. The molecular weight excluding hydrogens is 1160 g/mol. The second-order valence-electron chi connectivity index (χ2n) is 17.4. The maximum absolute atomic E-state index is 14.2. The van der Waals surface area contributed by atoms with Gasteiger partial charge in [0.25, 0.3) is 5.69 Å². The zero-order chi connectivity index (χ0) is 60.9. The van der Waals surface area contributed by atoms with Crippen LogP contribution in [0.25, 0.3) is 10.9 Å². The first-order valence-corrected chi connectivity index (χ1v) is 22.1. The van der Waals surface area contributed by atoms with Crippen LogP contribution in [0.4, 0.5) is 110 Å². The third-order valence-corrected chi connectivity index (χ3v) is 12.2. The van der Waals surface area contributed by atoms with Crippen molar-refractivity contribution in [3.63, 3.8) is 0 Å². The van der Waals surface area contributed by atoms with Gasteiger partial charge in [-0.05, 0) is 36.4 Å². The van der Waals surface area contributed by atoms with Gasteiger partial charge in [-0.15, -0.1) is 0 Å². The quantitative estimate of drug-likeness (QED) is 0.0476. The van der Waals surface area contributed by atoms with Gasteiger partial charge in [0, 0.05) is 23.1 Å². The van der Waals surface area contributed by atoms with E-state index < -0.39 is 208 Å². The molecule has 1 aromatic heterocycles. The van der Waals surface area contributed by atoms with Crippen molar-refractivity contribution in [1.82, 2.24) is 0 Å². The van der Waals surface area contributed by atoms with E-state index >= 15 is 0 Å². The van der Waals surface area contributed by atoms with Gasteiger partial charge in [0.15, 0.2) is 0 Å². The Morgan fingerprint density at radius 1 is 0.370 bits per heavy atom. The van der Waals surface area contributed by atoms with Crippen LogP contribution in [0, 0.1) is 0 Å². The van der Waals surface area contributed by atoms with Gasteiger partial charge in [-0.3, -0.25) is 4.79 Å². The number of benzene rings is 6. The van der Waals surface area contributed by atoms with Gasteiger partial charge in [0.2, 0.25) is 24.7 Å². The number of hydrogen-bond acceptors (Lipinski definition) is 3. The molecule has 4 nitrogen and oxygen atoms in total. The Kier molecular flexibility index (Phi) is 16.9. The van der Waals surface area contributed by atoms with Gasteiger partial charge in [-0.2, -0.15) is 132 Å². The summed E-state index contributed by atoms with van der Waals surface area (Å²) >= 11 is 0. The van der Waals surface area contributed by atoms with E-state index in [1.807, 2.05) is 24.3 Å². The average Bonchev–Trinajstić information content (AvgIpc) is 3.49. The number of para-hydroxylation sites is 1. The maximum atomic E-state index is 14.2. The first-order valence-electron chi connectivity index (χ1n) is 22.1. The van der Waals surface area contributed by atoms with E-state index in [0.29, 0.717) is 11.1 Å². The van der Waals surface area contributed by atoms with Gasteiger partial charge >= 0.3 is 55.4 Å². The van der Waals surface area contributed by atoms with E-state index in [2.05, 4.69) is 4.74 Å². The Morgan fingerprint density at radius 2 is 0.654 bits per heavy atom. The minimum atomic E-state index is -6.13. The molecule has 7 rings (SSSR count). The molecule has 0 bridgehead atoms. The van der Waals surface area contributed by atoms with Crippen molar-refractivity contribution in [3.05, 3.63) is 195 Å². The van der Waals surface area contributed by atoms with Crippen molar-refractivity contribution >= 4 is 50.7 Å². The third-order valence-electron chi connectivity index (χ3n) is 12.2. The molecule has 0 aliphatic carbocycles. The van der Waals surface area contributed by atoms with Crippen LogP contribution < -0.4 is 26.4 Å². The molecule has 0 aliphatic rings. The van der Waals surface area contributed by atoms with Crippen LogP contribution in [-0.4, -0.2) is 24.8 Å². The van der Waals surface area contributed by atoms with Crippen LogP contribution in [-0.2, 0) is 60.7 Å². The number of esters is 1. The number of rotatable bonds is 9. The molecule has 7 aromatic rings. The van der Waals surface area contributed by atoms with Crippen LogP contribution in [0.2, 0.25) is 0 Å². The van der Waals surface area contributed by atoms with Gasteiger partial charge < -0.3 is 4.74 Å². The minimum Gasteiger partial charge on any atom is -0.426 e. The predicted molar refractivity (Wildman–Crippen MR) is 236 cm³/mol. The molecule has 0 saturated heterocycles. The Morgan fingerprint density at radius 3 is 0.938 bits per heavy atom.